The molecule has 0 aromatic heterocycles. The fourth-order valence-electron chi connectivity index (χ4n) is 4.95. The second-order valence-corrected chi connectivity index (χ2v) is 8.60. The summed E-state index contributed by atoms with van der Waals surface area (Å²) in [6, 6.07) is 13.0. The van der Waals surface area contributed by atoms with E-state index in [9.17, 15) is 8.78 Å². The number of rotatable bonds is 3. The summed E-state index contributed by atoms with van der Waals surface area (Å²) in [7, 11) is 0. The van der Waals surface area contributed by atoms with Crippen LogP contribution in [0.1, 0.15) is 23.7 Å². The summed E-state index contributed by atoms with van der Waals surface area (Å²) in [6.07, 6.45) is 0.0572. The van der Waals surface area contributed by atoms with E-state index < -0.39 is 17.7 Å². The average Bonchev–Trinajstić information content (AvgIpc) is 3.35. The Morgan fingerprint density at radius 3 is 2.35 bits per heavy atom. The van der Waals surface area contributed by atoms with Crippen molar-refractivity contribution < 1.29 is 13.5 Å². The van der Waals surface area contributed by atoms with Crippen molar-refractivity contribution in [2.45, 2.75) is 24.6 Å². The fourth-order valence-corrected chi connectivity index (χ4v) is 4.95. The molecular formula is C24H24F2N4O. The summed E-state index contributed by atoms with van der Waals surface area (Å²) in [5.41, 5.74) is 11.2. The summed E-state index contributed by atoms with van der Waals surface area (Å²) in [6.45, 7) is 3.97. The topological polar surface area (TPSA) is 65.5 Å². The zero-order valence-corrected chi connectivity index (χ0v) is 17.1. The number of nitrogens with zero attached hydrogens (tertiary/aromatic N) is 3. The summed E-state index contributed by atoms with van der Waals surface area (Å²) in [4.78, 5) is 4.72. The van der Waals surface area contributed by atoms with Crippen LogP contribution in [-0.4, -0.2) is 49.8 Å². The van der Waals surface area contributed by atoms with Crippen molar-refractivity contribution in [1.29, 1.82) is 5.26 Å². The summed E-state index contributed by atoms with van der Waals surface area (Å²) in [5.74, 6) is -0.966. The van der Waals surface area contributed by atoms with E-state index in [1.54, 1.807) is 0 Å². The molecule has 2 aromatic carbocycles. The second kappa shape index (κ2) is 8.04. The van der Waals surface area contributed by atoms with E-state index in [0.29, 0.717) is 18.6 Å². The van der Waals surface area contributed by atoms with Gasteiger partial charge in [-0.25, -0.2) is 8.78 Å². The zero-order chi connectivity index (χ0) is 21.5. The Morgan fingerprint density at radius 1 is 1.00 bits per heavy atom. The van der Waals surface area contributed by atoms with Crippen molar-refractivity contribution in [3.05, 3.63) is 76.4 Å². The van der Waals surface area contributed by atoms with Crippen molar-refractivity contribution >= 4 is 5.69 Å². The van der Waals surface area contributed by atoms with Crippen LogP contribution in [0.3, 0.4) is 0 Å². The van der Waals surface area contributed by atoms with E-state index >= 15 is 0 Å². The van der Waals surface area contributed by atoms with Crippen LogP contribution >= 0.6 is 0 Å². The van der Waals surface area contributed by atoms with Gasteiger partial charge in [-0.1, -0.05) is 0 Å². The van der Waals surface area contributed by atoms with Crippen LogP contribution in [0.25, 0.3) is 0 Å². The van der Waals surface area contributed by atoms with Gasteiger partial charge in [0.2, 0.25) is 0 Å². The number of nitriles is 1. The third kappa shape index (κ3) is 3.83. The minimum Gasteiger partial charge on any atom is -0.370 e. The first-order valence-electron chi connectivity index (χ1n) is 10.5. The van der Waals surface area contributed by atoms with Crippen molar-refractivity contribution in [1.82, 2.24) is 4.90 Å². The standard InChI is InChI=1S/C24H24F2N4O/c25-18-3-6-22(26)21(7-18)24-23(28)8-20(14-31-24)30-12-16-10-29(11-17(16)13-30)19-4-1-15(9-27)2-5-19/h1-7,20,23-24H,8,10-14,28H2/t20?,23?,24-/m1/s1. The molecule has 0 spiro atoms. The summed E-state index contributed by atoms with van der Waals surface area (Å²) in [5, 5.41) is 8.97. The molecule has 2 aromatic rings. The number of ether oxygens (including phenoxy) is 1. The second-order valence-electron chi connectivity index (χ2n) is 8.60. The van der Waals surface area contributed by atoms with Crippen LogP contribution in [0, 0.1) is 23.0 Å². The van der Waals surface area contributed by atoms with Crippen LogP contribution < -0.4 is 10.6 Å². The predicted molar refractivity (Wildman–Crippen MR) is 113 cm³/mol. The first kappa shape index (κ1) is 20.1. The summed E-state index contributed by atoms with van der Waals surface area (Å²) >= 11 is 0. The number of hydrogen-bond donors (Lipinski definition) is 1. The van der Waals surface area contributed by atoms with Crippen LogP contribution in [0.4, 0.5) is 14.5 Å². The highest BCUT2D eigenvalue weighted by molar-refractivity contribution is 5.55. The minimum absolute atomic E-state index is 0.164. The number of nitrogens with two attached hydrogens (primary N) is 1. The van der Waals surface area contributed by atoms with Gasteiger partial charge in [0.15, 0.2) is 0 Å². The van der Waals surface area contributed by atoms with E-state index in [-0.39, 0.29) is 17.6 Å². The molecule has 3 aliphatic heterocycles. The molecule has 31 heavy (non-hydrogen) atoms. The maximum atomic E-state index is 14.2. The lowest BCUT2D eigenvalue weighted by Gasteiger charge is -2.39. The van der Waals surface area contributed by atoms with Gasteiger partial charge >= 0.3 is 0 Å². The number of anilines is 1. The Balaban J connectivity index is 1.19. The molecule has 1 fully saturated rings. The molecule has 3 atom stereocenters. The van der Waals surface area contributed by atoms with Gasteiger partial charge in [0, 0.05) is 49.5 Å². The molecule has 2 unspecified atom stereocenters. The smallest absolute Gasteiger partial charge is 0.129 e. The van der Waals surface area contributed by atoms with Gasteiger partial charge in [0.05, 0.1) is 18.2 Å². The molecule has 5 nitrogen and oxygen atoms in total. The van der Waals surface area contributed by atoms with Crippen LogP contribution in [0.5, 0.6) is 0 Å². The van der Waals surface area contributed by atoms with Gasteiger partial charge in [-0.05, 0) is 60.0 Å². The molecule has 0 aliphatic carbocycles. The first-order chi connectivity index (χ1) is 15.0. The molecule has 160 valence electrons. The Kier molecular flexibility index (Phi) is 5.22. The average molecular weight is 422 g/mol. The normalized spacial score (nSPS) is 26.3. The molecule has 2 N–H and O–H groups in total. The van der Waals surface area contributed by atoms with E-state index in [1.165, 1.54) is 17.2 Å². The van der Waals surface area contributed by atoms with Crippen LogP contribution in [-0.2, 0) is 4.74 Å². The van der Waals surface area contributed by atoms with Crippen molar-refractivity contribution in [2.75, 3.05) is 37.7 Å². The first-order valence-corrected chi connectivity index (χ1v) is 10.5. The number of benzene rings is 2. The van der Waals surface area contributed by atoms with E-state index in [2.05, 4.69) is 15.9 Å². The largest absolute Gasteiger partial charge is 0.370 e. The molecule has 0 radical (unpaired) electrons. The Hall–Kier alpha value is -2.79. The van der Waals surface area contributed by atoms with Gasteiger partial charge in [-0.2, -0.15) is 5.26 Å². The predicted octanol–water partition coefficient (Wildman–Crippen LogP) is 3.13. The molecule has 5 rings (SSSR count). The van der Waals surface area contributed by atoms with E-state index in [1.807, 2.05) is 24.3 Å². The number of halogens is 2. The fraction of sp³-hybridized carbons (Fsp3) is 0.375. The van der Waals surface area contributed by atoms with E-state index in [4.69, 9.17) is 15.7 Å². The monoisotopic (exact) mass is 422 g/mol. The molecule has 3 aliphatic rings. The van der Waals surface area contributed by atoms with Gasteiger partial charge in [0.1, 0.15) is 17.7 Å². The van der Waals surface area contributed by atoms with E-state index in [0.717, 1.165) is 44.0 Å². The maximum absolute atomic E-state index is 14.2. The molecule has 0 saturated carbocycles. The Bertz CT molecular complexity index is 1040. The highest BCUT2D eigenvalue weighted by Crippen LogP contribution is 2.35. The van der Waals surface area contributed by atoms with Gasteiger partial charge in [-0.3, -0.25) is 4.90 Å². The number of hydrogen-bond acceptors (Lipinski definition) is 5. The van der Waals surface area contributed by atoms with Gasteiger partial charge in [0.25, 0.3) is 0 Å². The quantitative estimate of drug-likeness (QED) is 0.770. The zero-order valence-electron chi connectivity index (χ0n) is 17.1. The van der Waals surface area contributed by atoms with Gasteiger partial charge in [-0.15, -0.1) is 0 Å². The van der Waals surface area contributed by atoms with Gasteiger partial charge < -0.3 is 15.4 Å². The third-order valence-corrected chi connectivity index (χ3v) is 6.60. The molecule has 0 bridgehead atoms. The molecule has 1 saturated heterocycles. The van der Waals surface area contributed by atoms with Crippen molar-refractivity contribution in [3.63, 3.8) is 0 Å². The van der Waals surface area contributed by atoms with Crippen LogP contribution in [0.2, 0.25) is 0 Å². The maximum Gasteiger partial charge on any atom is 0.129 e. The highest BCUT2D eigenvalue weighted by Gasteiger charge is 2.38. The lowest BCUT2D eigenvalue weighted by atomic mass is 9.93. The molecular weight excluding hydrogens is 398 g/mol. The lowest BCUT2D eigenvalue weighted by molar-refractivity contribution is -0.0466. The summed E-state index contributed by atoms with van der Waals surface area (Å²) < 4.78 is 33.7. The minimum atomic E-state index is -0.624. The van der Waals surface area contributed by atoms with Crippen molar-refractivity contribution in [3.8, 4) is 6.07 Å². The Morgan fingerprint density at radius 2 is 1.71 bits per heavy atom. The van der Waals surface area contributed by atoms with Crippen molar-refractivity contribution in [2.24, 2.45) is 5.73 Å². The SMILES string of the molecule is N#Cc1ccc(N2CC3=C(C2)CN(C2CO[C@H](c4cc(F)ccc4F)C(N)C2)C3)cc1. The molecule has 0 amide bonds. The molecule has 7 heteroatoms. The molecule has 3 heterocycles. The van der Waals surface area contributed by atoms with Crippen LogP contribution in [0.15, 0.2) is 53.6 Å². The third-order valence-electron chi connectivity index (χ3n) is 6.60. The highest BCUT2D eigenvalue weighted by atomic mass is 19.1. The lowest BCUT2D eigenvalue weighted by Crippen LogP contribution is -2.49. The Labute approximate surface area is 180 Å².